The van der Waals surface area contributed by atoms with Crippen molar-refractivity contribution >= 4 is 0 Å². The highest BCUT2D eigenvalue weighted by molar-refractivity contribution is 4.91. The van der Waals surface area contributed by atoms with Crippen molar-refractivity contribution < 1.29 is 4.74 Å². The van der Waals surface area contributed by atoms with Crippen LogP contribution in [0.4, 0.5) is 0 Å². The molecule has 0 aromatic heterocycles. The molecule has 3 heteroatoms. The number of ether oxygens (including phenoxy) is 1. The van der Waals surface area contributed by atoms with Gasteiger partial charge in [0.15, 0.2) is 0 Å². The summed E-state index contributed by atoms with van der Waals surface area (Å²) in [7, 11) is 2.10. The molecule has 2 fully saturated rings. The average molecular weight is 268 g/mol. The molecule has 1 saturated heterocycles. The lowest BCUT2D eigenvalue weighted by atomic mass is 9.70. The largest absolute Gasteiger partial charge is 0.373 e. The van der Waals surface area contributed by atoms with Crippen LogP contribution in [0.1, 0.15) is 46.5 Å². The number of morpholine rings is 1. The first kappa shape index (κ1) is 15.3. The second-order valence-corrected chi connectivity index (χ2v) is 7.53. The molecule has 0 bridgehead atoms. The second-order valence-electron chi connectivity index (χ2n) is 7.53. The fourth-order valence-electron chi connectivity index (χ4n) is 3.86. The number of hydrogen-bond acceptors (Lipinski definition) is 3. The van der Waals surface area contributed by atoms with Gasteiger partial charge in [-0.05, 0) is 45.1 Å². The Labute approximate surface area is 119 Å². The summed E-state index contributed by atoms with van der Waals surface area (Å²) >= 11 is 0. The Bertz CT molecular complexity index is 282. The third-order valence-corrected chi connectivity index (χ3v) is 4.95. The fraction of sp³-hybridized carbons (Fsp3) is 1.00. The molecular weight excluding hydrogens is 236 g/mol. The zero-order chi connectivity index (χ0) is 13.9. The van der Waals surface area contributed by atoms with Gasteiger partial charge < -0.3 is 10.1 Å². The van der Waals surface area contributed by atoms with Crippen LogP contribution in [0.25, 0.3) is 0 Å². The van der Waals surface area contributed by atoms with Crippen molar-refractivity contribution in [3.63, 3.8) is 0 Å². The van der Waals surface area contributed by atoms with Gasteiger partial charge in [0.05, 0.1) is 12.2 Å². The van der Waals surface area contributed by atoms with Gasteiger partial charge in [0, 0.05) is 26.2 Å². The molecule has 2 aliphatic rings. The van der Waals surface area contributed by atoms with E-state index < -0.39 is 0 Å². The molecule has 1 aliphatic carbocycles. The van der Waals surface area contributed by atoms with Gasteiger partial charge in [-0.25, -0.2) is 0 Å². The number of nitrogens with zero attached hydrogens (tertiary/aromatic N) is 1. The minimum absolute atomic E-state index is 0.0288. The van der Waals surface area contributed by atoms with Gasteiger partial charge in [-0.3, -0.25) is 4.90 Å². The highest BCUT2D eigenvalue weighted by atomic mass is 16.5. The van der Waals surface area contributed by atoms with Crippen molar-refractivity contribution in [3.05, 3.63) is 0 Å². The standard InChI is InChI=1S/C16H32N2O/c1-14-5-7-16(8-6-14,11-17-4)13-18-9-10-19-15(2,3)12-18/h14,17H,5-13H2,1-4H3. The van der Waals surface area contributed by atoms with E-state index in [4.69, 9.17) is 4.74 Å². The molecule has 1 N–H and O–H groups in total. The van der Waals surface area contributed by atoms with Gasteiger partial charge in [0.25, 0.3) is 0 Å². The molecule has 112 valence electrons. The predicted octanol–water partition coefficient (Wildman–Crippen LogP) is 2.51. The quantitative estimate of drug-likeness (QED) is 0.848. The summed E-state index contributed by atoms with van der Waals surface area (Å²) in [5, 5.41) is 3.45. The van der Waals surface area contributed by atoms with E-state index >= 15 is 0 Å². The topological polar surface area (TPSA) is 24.5 Å². The van der Waals surface area contributed by atoms with Crippen molar-refractivity contribution in [2.24, 2.45) is 11.3 Å². The molecule has 2 rings (SSSR count). The Kier molecular flexibility index (Phi) is 4.91. The van der Waals surface area contributed by atoms with Crippen LogP contribution in [0.5, 0.6) is 0 Å². The van der Waals surface area contributed by atoms with Crippen LogP contribution in [-0.4, -0.2) is 50.3 Å². The van der Waals surface area contributed by atoms with Gasteiger partial charge >= 0.3 is 0 Å². The highest BCUT2D eigenvalue weighted by Crippen LogP contribution is 2.39. The van der Waals surface area contributed by atoms with E-state index in [9.17, 15) is 0 Å². The van der Waals surface area contributed by atoms with Crippen LogP contribution in [0.3, 0.4) is 0 Å². The lowest BCUT2D eigenvalue weighted by Gasteiger charge is -2.46. The van der Waals surface area contributed by atoms with E-state index in [0.29, 0.717) is 5.41 Å². The molecule has 0 spiro atoms. The Hall–Kier alpha value is -0.120. The molecule has 1 heterocycles. The monoisotopic (exact) mass is 268 g/mol. The van der Waals surface area contributed by atoms with Crippen LogP contribution in [0.15, 0.2) is 0 Å². The molecule has 0 unspecified atom stereocenters. The SMILES string of the molecule is CNCC1(CN2CCOC(C)(C)C2)CCC(C)CC1. The lowest BCUT2D eigenvalue weighted by Crippen LogP contribution is -2.53. The Morgan fingerprint density at radius 3 is 2.53 bits per heavy atom. The summed E-state index contributed by atoms with van der Waals surface area (Å²) in [5.41, 5.74) is 0.524. The first-order chi connectivity index (χ1) is 8.95. The Morgan fingerprint density at radius 2 is 1.95 bits per heavy atom. The first-order valence-electron chi connectivity index (χ1n) is 7.96. The number of nitrogens with one attached hydrogen (secondary N) is 1. The van der Waals surface area contributed by atoms with Crippen LogP contribution in [0.2, 0.25) is 0 Å². The van der Waals surface area contributed by atoms with Crippen LogP contribution >= 0.6 is 0 Å². The van der Waals surface area contributed by atoms with Crippen molar-refractivity contribution in [1.82, 2.24) is 10.2 Å². The minimum atomic E-state index is 0.0288. The summed E-state index contributed by atoms with van der Waals surface area (Å²) in [6, 6.07) is 0. The molecule has 0 radical (unpaired) electrons. The third-order valence-electron chi connectivity index (χ3n) is 4.95. The molecule has 1 saturated carbocycles. The van der Waals surface area contributed by atoms with Gasteiger partial charge in [-0.2, -0.15) is 0 Å². The molecule has 19 heavy (non-hydrogen) atoms. The normalized spacial score (nSPS) is 36.3. The lowest BCUT2D eigenvalue weighted by molar-refractivity contribution is -0.0970. The number of rotatable bonds is 4. The van der Waals surface area contributed by atoms with E-state index in [1.807, 2.05) is 0 Å². The van der Waals surface area contributed by atoms with E-state index in [-0.39, 0.29) is 5.60 Å². The van der Waals surface area contributed by atoms with Gasteiger partial charge in [0.1, 0.15) is 0 Å². The fourth-order valence-corrected chi connectivity index (χ4v) is 3.86. The summed E-state index contributed by atoms with van der Waals surface area (Å²) < 4.78 is 5.84. The maximum atomic E-state index is 5.84. The maximum absolute atomic E-state index is 5.84. The summed E-state index contributed by atoms with van der Waals surface area (Å²) in [6.07, 6.45) is 5.56. The molecule has 3 nitrogen and oxygen atoms in total. The molecule has 0 aromatic rings. The van der Waals surface area contributed by atoms with Crippen molar-refractivity contribution in [3.8, 4) is 0 Å². The first-order valence-corrected chi connectivity index (χ1v) is 7.96. The summed E-state index contributed by atoms with van der Waals surface area (Å²) in [4.78, 5) is 2.64. The Morgan fingerprint density at radius 1 is 1.26 bits per heavy atom. The zero-order valence-electron chi connectivity index (χ0n) is 13.3. The highest BCUT2D eigenvalue weighted by Gasteiger charge is 2.37. The third kappa shape index (κ3) is 4.17. The van der Waals surface area contributed by atoms with Crippen molar-refractivity contribution in [1.29, 1.82) is 0 Å². The molecular formula is C16H32N2O. The van der Waals surface area contributed by atoms with E-state index in [1.165, 1.54) is 32.2 Å². The van der Waals surface area contributed by atoms with E-state index in [1.54, 1.807) is 0 Å². The predicted molar refractivity (Wildman–Crippen MR) is 80.5 cm³/mol. The summed E-state index contributed by atoms with van der Waals surface area (Å²) in [5.74, 6) is 0.922. The van der Waals surface area contributed by atoms with E-state index in [2.05, 4.69) is 38.0 Å². The van der Waals surface area contributed by atoms with Crippen molar-refractivity contribution in [2.45, 2.75) is 52.1 Å². The maximum Gasteiger partial charge on any atom is 0.0753 e. The zero-order valence-corrected chi connectivity index (χ0v) is 13.3. The number of hydrogen-bond donors (Lipinski definition) is 1. The molecule has 1 aliphatic heterocycles. The average Bonchev–Trinajstić information content (AvgIpc) is 2.32. The van der Waals surface area contributed by atoms with Gasteiger partial charge in [0.2, 0.25) is 0 Å². The molecule has 0 amide bonds. The van der Waals surface area contributed by atoms with Gasteiger partial charge in [-0.1, -0.05) is 19.8 Å². The molecule has 0 aromatic carbocycles. The summed E-state index contributed by atoms with van der Waals surface area (Å²) in [6.45, 7) is 12.3. The van der Waals surface area contributed by atoms with Crippen LogP contribution in [-0.2, 0) is 4.74 Å². The smallest absolute Gasteiger partial charge is 0.0753 e. The second kappa shape index (κ2) is 6.11. The van der Waals surface area contributed by atoms with E-state index in [0.717, 1.165) is 32.2 Å². The molecule has 0 atom stereocenters. The van der Waals surface area contributed by atoms with Crippen LogP contribution in [0, 0.1) is 11.3 Å². The minimum Gasteiger partial charge on any atom is -0.373 e. The van der Waals surface area contributed by atoms with Crippen molar-refractivity contribution in [2.75, 3.05) is 39.8 Å². The van der Waals surface area contributed by atoms with Gasteiger partial charge in [-0.15, -0.1) is 0 Å². The Balaban J connectivity index is 1.96. The van der Waals surface area contributed by atoms with Crippen LogP contribution < -0.4 is 5.32 Å².